The first kappa shape index (κ1) is 8.09. The number of fused-ring (bicyclic) bond motifs is 1. The molecule has 2 fully saturated rings. The van der Waals surface area contributed by atoms with Crippen LogP contribution in [0.15, 0.2) is 0 Å². The molecule has 0 spiro atoms. The molecule has 1 saturated heterocycles. The standard InChI is InChI=1S/C10H17NO/c1-7-3-4-8-5-6-9(8)10(12)11(7)2/h7-9H,3-6H2,1-2H3/t7-,8?,9-/m0/s1. The number of carbonyl (C=O) groups is 1. The van der Waals surface area contributed by atoms with Crippen molar-refractivity contribution in [2.75, 3.05) is 7.05 Å². The van der Waals surface area contributed by atoms with E-state index in [1.807, 2.05) is 11.9 Å². The highest BCUT2D eigenvalue weighted by Gasteiger charge is 2.40. The van der Waals surface area contributed by atoms with Crippen LogP contribution >= 0.6 is 0 Å². The Hall–Kier alpha value is -0.530. The molecule has 2 heteroatoms. The molecule has 0 aromatic carbocycles. The Bertz CT molecular complexity index is 192. The Labute approximate surface area is 73.9 Å². The third kappa shape index (κ3) is 1.05. The van der Waals surface area contributed by atoms with E-state index in [1.54, 1.807) is 0 Å². The molecular formula is C10H17NO. The quantitative estimate of drug-likeness (QED) is 0.537. The van der Waals surface area contributed by atoms with E-state index < -0.39 is 0 Å². The monoisotopic (exact) mass is 167 g/mol. The molecule has 1 aliphatic carbocycles. The van der Waals surface area contributed by atoms with Crippen molar-refractivity contribution in [3.8, 4) is 0 Å². The number of hydrogen-bond donors (Lipinski definition) is 0. The van der Waals surface area contributed by atoms with Crippen molar-refractivity contribution < 1.29 is 4.79 Å². The van der Waals surface area contributed by atoms with E-state index in [0.29, 0.717) is 17.9 Å². The molecule has 0 radical (unpaired) electrons. The van der Waals surface area contributed by atoms with Gasteiger partial charge in [0.15, 0.2) is 0 Å². The molecule has 68 valence electrons. The lowest BCUT2D eigenvalue weighted by Crippen LogP contribution is -2.41. The third-order valence-corrected chi connectivity index (χ3v) is 3.70. The molecule has 3 atom stereocenters. The number of nitrogens with zero attached hydrogens (tertiary/aromatic N) is 1. The van der Waals surface area contributed by atoms with Crippen molar-refractivity contribution >= 4 is 5.91 Å². The van der Waals surface area contributed by atoms with Crippen molar-refractivity contribution in [3.05, 3.63) is 0 Å². The summed E-state index contributed by atoms with van der Waals surface area (Å²) in [6.45, 7) is 2.16. The zero-order valence-electron chi connectivity index (χ0n) is 7.92. The van der Waals surface area contributed by atoms with E-state index in [4.69, 9.17) is 0 Å². The number of hydrogen-bond acceptors (Lipinski definition) is 1. The van der Waals surface area contributed by atoms with E-state index >= 15 is 0 Å². The van der Waals surface area contributed by atoms with Gasteiger partial charge in [0.2, 0.25) is 5.91 Å². The highest BCUT2D eigenvalue weighted by Crippen LogP contribution is 2.41. The fourth-order valence-electron chi connectivity index (χ4n) is 2.37. The van der Waals surface area contributed by atoms with Crippen LogP contribution in [0, 0.1) is 11.8 Å². The maximum atomic E-state index is 11.7. The molecule has 1 heterocycles. The fourth-order valence-corrected chi connectivity index (χ4v) is 2.37. The molecule has 1 aliphatic heterocycles. The number of rotatable bonds is 0. The second-order valence-corrected chi connectivity index (χ2v) is 4.32. The van der Waals surface area contributed by atoms with Crippen molar-refractivity contribution in [2.24, 2.45) is 11.8 Å². The number of carbonyl (C=O) groups excluding carboxylic acids is 1. The lowest BCUT2D eigenvalue weighted by molar-refractivity contribution is -0.139. The molecule has 1 saturated carbocycles. The molecule has 2 nitrogen and oxygen atoms in total. The van der Waals surface area contributed by atoms with Crippen molar-refractivity contribution in [2.45, 2.75) is 38.6 Å². The van der Waals surface area contributed by atoms with Gasteiger partial charge in [0.05, 0.1) is 0 Å². The van der Waals surface area contributed by atoms with Crippen LogP contribution in [-0.2, 0) is 4.79 Å². The summed E-state index contributed by atoms with van der Waals surface area (Å²) in [5.74, 6) is 1.51. The molecule has 0 aromatic rings. The first-order chi connectivity index (χ1) is 5.70. The smallest absolute Gasteiger partial charge is 0.225 e. The maximum absolute atomic E-state index is 11.7. The van der Waals surface area contributed by atoms with Gasteiger partial charge in [-0.25, -0.2) is 0 Å². The van der Waals surface area contributed by atoms with Crippen LogP contribution in [0.25, 0.3) is 0 Å². The molecule has 2 rings (SSSR count). The zero-order chi connectivity index (χ0) is 8.72. The summed E-state index contributed by atoms with van der Waals surface area (Å²) < 4.78 is 0. The largest absolute Gasteiger partial charge is 0.343 e. The average molecular weight is 167 g/mol. The highest BCUT2D eigenvalue weighted by atomic mass is 16.2. The van der Waals surface area contributed by atoms with Crippen LogP contribution < -0.4 is 0 Å². The Morgan fingerprint density at radius 1 is 1.25 bits per heavy atom. The maximum Gasteiger partial charge on any atom is 0.225 e. The Morgan fingerprint density at radius 3 is 2.50 bits per heavy atom. The van der Waals surface area contributed by atoms with Crippen LogP contribution in [0.2, 0.25) is 0 Å². The second-order valence-electron chi connectivity index (χ2n) is 4.32. The molecule has 0 bridgehead atoms. The minimum atomic E-state index is 0.389. The summed E-state index contributed by atoms with van der Waals surface area (Å²) in [7, 11) is 1.95. The predicted molar refractivity (Wildman–Crippen MR) is 47.7 cm³/mol. The fraction of sp³-hybridized carbons (Fsp3) is 0.900. The summed E-state index contributed by atoms with van der Waals surface area (Å²) in [4.78, 5) is 13.7. The Kier molecular flexibility index (Phi) is 1.85. The second kappa shape index (κ2) is 2.75. The predicted octanol–water partition coefficient (Wildman–Crippen LogP) is 1.65. The van der Waals surface area contributed by atoms with Gasteiger partial charge in [-0.2, -0.15) is 0 Å². The van der Waals surface area contributed by atoms with E-state index in [9.17, 15) is 4.79 Å². The Balaban J connectivity index is 2.13. The highest BCUT2D eigenvalue weighted by molar-refractivity contribution is 5.80. The van der Waals surface area contributed by atoms with Crippen LogP contribution in [0.5, 0.6) is 0 Å². The van der Waals surface area contributed by atoms with Crippen molar-refractivity contribution in [1.29, 1.82) is 0 Å². The van der Waals surface area contributed by atoms with E-state index in [0.717, 1.165) is 12.3 Å². The molecule has 1 unspecified atom stereocenters. The number of amides is 1. The van der Waals surface area contributed by atoms with Gasteiger partial charge in [-0.1, -0.05) is 0 Å². The third-order valence-electron chi connectivity index (χ3n) is 3.70. The van der Waals surface area contributed by atoms with Gasteiger partial charge in [0.1, 0.15) is 0 Å². The normalized spacial score (nSPS) is 41.7. The SMILES string of the molecule is C[C@H]1CCC2CC[C@@H]2C(=O)N1C. The minimum absolute atomic E-state index is 0.389. The molecule has 2 aliphatic rings. The first-order valence-corrected chi connectivity index (χ1v) is 4.97. The number of likely N-dealkylation sites (tertiary alicyclic amines) is 1. The van der Waals surface area contributed by atoms with Crippen LogP contribution in [0.3, 0.4) is 0 Å². The zero-order valence-corrected chi connectivity index (χ0v) is 7.92. The van der Waals surface area contributed by atoms with Gasteiger partial charge in [-0.15, -0.1) is 0 Å². The van der Waals surface area contributed by atoms with Gasteiger partial charge < -0.3 is 4.90 Å². The van der Waals surface area contributed by atoms with Crippen molar-refractivity contribution in [1.82, 2.24) is 4.90 Å². The molecule has 1 amide bonds. The molecular weight excluding hydrogens is 150 g/mol. The molecule has 12 heavy (non-hydrogen) atoms. The van der Waals surface area contributed by atoms with Crippen molar-refractivity contribution in [3.63, 3.8) is 0 Å². The summed E-state index contributed by atoms with van der Waals surface area (Å²) >= 11 is 0. The summed E-state index contributed by atoms with van der Waals surface area (Å²) in [6.07, 6.45) is 4.89. The average Bonchev–Trinajstić information content (AvgIpc) is 2.04. The Morgan fingerprint density at radius 2 is 1.92 bits per heavy atom. The van der Waals surface area contributed by atoms with Gasteiger partial charge in [0.25, 0.3) is 0 Å². The van der Waals surface area contributed by atoms with E-state index in [1.165, 1.54) is 19.3 Å². The molecule has 0 N–H and O–H groups in total. The van der Waals surface area contributed by atoms with Gasteiger partial charge in [-0.3, -0.25) is 4.79 Å². The van der Waals surface area contributed by atoms with Gasteiger partial charge >= 0.3 is 0 Å². The van der Waals surface area contributed by atoms with E-state index in [2.05, 4.69) is 6.92 Å². The van der Waals surface area contributed by atoms with Gasteiger partial charge in [0, 0.05) is 19.0 Å². The van der Waals surface area contributed by atoms with Crippen LogP contribution in [0.4, 0.5) is 0 Å². The lowest BCUT2D eigenvalue weighted by Gasteiger charge is -2.34. The van der Waals surface area contributed by atoms with E-state index in [-0.39, 0.29) is 0 Å². The summed E-state index contributed by atoms with van der Waals surface area (Å²) in [6, 6.07) is 0.461. The minimum Gasteiger partial charge on any atom is -0.343 e. The van der Waals surface area contributed by atoms with Crippen LogP contribution in [-0.4, -0.2) is 23.9 Å². The summed E-state index contributed by atoms with van der Waals surface area (Å²) in [5.41, 5.74) is 0. The van der Waals surface area contributed by atoms with Crippen LogP contribution in [0.1, 0.15) is 32.6 Å². The topological polar surface area (TPSA) is 20.3 Å². The lowest BCUT2D eigenvalue weighted by atomic mass is 9.71. The van der Waals surface area contributed by atoms with Gasteiger partial charge in [-0.05, 0) is 38.5 Å². The first-order valence-electron chi connectivity index (χ1n) is 4.97. The molecule has 0 aromatic heterocycles. The summed E-state index contributed by atoms with van der Waals surface area (Å²) in [5, 5.41) is 0.